The van der Waals surface area contributed by atoms with Gasteiger partial charge in [-0.15, -0.1) is 0 Å². The van der Waals surface area contributed by atoms with Gasteiger partial charge < -0.3 is 14.6 Å². The summed E-state index contributed by atoms with van der Waals surface area (Å²) in [4.78, 5) is 26.4. The number of amides is 2. The first-order valence-corrected chi connectivity index (χ1v) is 9.48. The lowest BCUT2D eigenvalue weighted by Gasteiger charge is -2.17. The van der Waals surface area contributed by atoms with E-state index in [1.807, 2.05) is 57.2 Å². The summed E-state index contributed by atoms with van der Waals surface area (Å²) in [6.45, 7) is 6.12. The van der Waals surface area contributed by atoms with Crippen molar-refractivity contribution in [2.24, 2.45) is 0 Å². The van der Waals surface area contributed by atoms with Gasteiger partial charge in [-0.3, -0.25) is 9.59 Å². The third kappa shape index (κ3) is 4.25. The molecule has 5 nitrogen and oxygen atoms in total. The summed E-state index contributed by atoms with van der Waals surface area (Å²) in [6, 6.07) is 11.7. The highest BCUT2D eigenvalue weighted by molar-refractivity contribution is 5.96. The Morgan fingerprint density at radius 2 is 1.79 bits per heavy atom. The van der Waals surface area contributed by atoms with Crippen molar-refractivity contribution in [2.75, 3.05) is 18.9 Å². The van der Waals surface area contributed by atoms with Gasteiger partial charge in [0.05, 0.1) is 19.2 Å². The highest BCUT2D eigenvalue weighted by atomic mass is 16.3. The molecule has 0 bridgehead atoms. The zero-order valence-electron chi connectivity index (χ0n) is 16.8. The van der Waals surface area contributed by atoms with E-state index in [0.29, 0.717) is 0 Å². The summed E-state index contributed by atoms with van der Waals surface area (Å²) in [7, 11) is 1.64. The molecule has 5 heteroatoms. The second-order valence-corrected chi connectivity index (χ2v) is 7.18. The van der Waals surface area contributed by atoms with Gasteiger partial charge in [0.15, 0.2) is 0 Å². The Bertz CT molecular complexity index is 1020. The Hall–Kier alpha value is -3.08. The number of furan rings is 1. The highest BCUT2D eigenvalue weighted by Crippen LogP contribution is 2.25. The molecule has 1 heterocycles. The van der Waals surface area contributed by atoms with Crippen LogP contribution in [0.15, 0.2) is 47.1 Å². The summed E-state index contributed by atoms with van der Waals surface area (Å²) >= 11 is 0. The number of nitrogens with one attached hydrogen (secondary N) is 1. The molecule has 2 aromatic carbocycles. The molecule has 0 saturated carbocycles. The lowest BCUT2D eigenvalue weighted by atomic mass is 10.0. The normalized spacial score (nSPS) is 10.9. The number of hydrogen-bond acceptors (Lipinski definition) is 3. The standard InChI is InChI=1S/C23H26N2O3/c1-5-17-8-6-7-9-20(17)24-22(26)13-25(4)23(27)12-18-14-28-21-11-16(3)15(2)10-19(18)21/h6-11,14H,5,12-13H2,1-4H3,(H,24,26). The third-order valence-electron chi connectivity index (χ3n) is 5.09. The third-order valence-corrected chi connectivity index (χ3v) is 5.09. The zero-order valence-corrected chi connectivity index (χ0v) is 16.8. The largest absolute Gasteiger partial charge is 0.464 e. The number of nitrogens with zero attached hydrogens (tertiary/aromatic N) is 1. The molecule has 0 saturated heterocycles. The first kappa shape index (κ1) is 19.7. The monoisotopic (exact) mass is 378 g/mol. The number of fused-ring (bicyclic) bond motifs is 1. The summed E-state index contributed by atoms with van der Waals surface area (Å²) in [5.74, 6) is -0.333. The number of carbonyl (C=O) groups excluding carboxylic acids is 2. The Kier molecular flexibility index (Phi) is 5.83. The lowest BCUT2D eigenvalue weighted by molar-refractivity contribution is -0.132. The molecule has 0 aliphatic carbocycles. The van der Waals surface area contributed by atoms with Gasteiger partial charge in [-0.25, -0.2) is 0 Å². The molecule has 0 radical (unpaired) electrons. The van der Waals surface area contributed by atoms with E-state index < -0.39 is 0 Å². The van der Waals surface area contributed by atoms with Crippen LogP contribution in [-0.4, -0.2) is 30.3 Å². The van der Waals surface area contributed by atoms with Gasteiger partial charge in [-0.05, 0) is 55.2 Å². The van der Waals surface area contributed by atoms with E-state index in [9.17, 15) is 9.59 Å². The van der Waals surface area contributed by atoms with Crippen molar-refractivity contribution in [3.63, 3.8) is 0 Å². The molecule has 146 valence electrons. The fourth-order valence-electron chi connectivity index (χ4n) is 3.21. The maximum atomic E-state index is 12.6. The number of hydrogen-bond donors (Lipinski definition) is 1. The zero-order chi connectivity index (χ0) is 20.3. The Labute approximate surface area is 165 Å². The average molecular weight is 378 g/mol. The molecule has 1 aromatic heterocycles. The second kappa shape index (κ2) is 8.30. The molecule has 1 N–H and O–H groups in total. The fourth-order valence-corrected chi connectivity index (χ4v) is 3.21. The van der Waals surface area contributed by atoms with Gasteiger partial charge in [0.2, 0.25) is 11.8 Å². The van der Waals surface area contributed by atoms with E-state index in [1.165, 1.54) is 4.90 Å². The average Bonchev–Trinajstić information content (AvgIpc) is 3.04. The number of para-hydroxylation sites is 1. The van der Waals surface area contributed by atoms with Crippen LogP contribution in [-0.2, 0) is 22.4 Å². The predicted molar refractivity (Wildman–Crippen MR) is 111 cm³/mol. The maximum Gasteiger partial charge on any atom is 0.243 e. The highest BCUT2D eigenvalue weighted by Gasteiger charge is 2.17. The molecule has 28 heavy (non-hydrogen) atoms. The number of benzene rings is 2. The van der Waals surface area contributed by atoms with Crippen molar-refractivity contribution < 1.29 is 14.0 Å². The smallest absolute Gasteiger partial charge is 0.243 e. The summed E-state index contributed by atoms with van der Waals surface area (Å²) in [6.07, 6.45) is 2.66. The summed E-state index contributed by atoms with van der Waals surface area (Å²) in [5, 5.41) is 3.85. The number of aryl methyl sites for hydroxylation is 3. The molecule has 0 fully saturated rings. The number of carbonyl (C=O) groups is 2. The van der Waals surface area contributed by atoms with Gasteiger partial charge in [-0.1, -0.05) is 25.1 Å². The molecular formula is C23H26N2O3. The van der Waals surface area contributed by atoms with Crippen molar-refractivity contribution in [3.8, 4) is 0 Å². The molecule has 3 rings (SSSR count). The molecule has 0 atom stereocenters. The van der Waals surface area contributed by atoms with Crippen molar-refractivity contribution in [1.82, 2.24) is 4.90 Å². The van der Waals surface area contributed by atoms with Gasteiger partial charge in [-0.2, -0.15) is 0 Å². The van der Waals surface area contributed by atoms with Crippen LogP contribution in [0.1, 0.15) is 29.2 Å². The molecular weight excluding hydrogens is 352 g/mol. The first-order chi connectivity index (χ1) is 13.4. The summed E-state index contributed by atoms with van der Waals surface area (Å²) in [5.41, 5.74) is 5.79. The van der Waals surface area contributed by atoms with Crippen molar-refractivity contribution in [2.45, 2.75) is 33.6 Å². The van der Waals surface area contributed by atoms with E-state index >= 15 is 0 Å². The van der Waals surface area contributed by atoms with Crippen molar-refractivity contribution >= 4 is 28.5 Å². The van der Waals surface area contributed by atoms with Crippen LogP contribution in [0, 0.1) is 13.8 Å². The van der Waals surface area contributed by atoms with Crippen molar-refractivity contribution in [1.29, 1.82) is 0 Å². The van der Waals surface area contributed by atoms with Gasteiger partial charge in [0.25, 0.3) is 0 Å². The van der Waals surface area contributed by atoms with Crippen LogP contribution in [0.3, 0.4) is 0 Å². The molecule has 2 amide bonds. The number of rotatable bonds is 6. The molecule has 0 spiro atoms. The fraction of sp³-hybridized carbons (Fsp3) is 0.304. The van der Waals surface area contributed by atoms with E-state index in [4.69, 9.17) is 4.42 Å². The molecule has 0 aliphatic rings. The Morgan fingerprint density at radius 1 is 1.07 bits per heavy atom. The quantitative estimate of drug-likeness (QED) is 0.697. The Balaban J connectivity index is 1.65. The minimum atomic E-state index is -0.208. The van der Waals surface area contributed by atoms with Crippen LogP contribution < -0.4 is 5.32 Å². The number of likely N-dealkylation sites (N-methyl/N-ethyl adjacent to an activating group) is 1. The van der Waals surface area contributed by atoms with E-state index in [-0.39, 0.29) is 24.8 Å². The van der Waals surface area contributed by atoms with E-state index in [0.717, 1.165) is 45.3 Å². The minimum Gasteiger partial charge on any atom is -0.464 e. The van der Waals surface area contributed by atoms with Crippen LogP contribution in [0.4, 0.5) is 5.69 Å². The topological polar surface area (TPSA) is 62.6 Å². The lowest BCUT2D eigenvalue weighted by Crippen LogP contribution is -2.35. The molecule has 0 aliphatic heterocycles. The maximum absolute atomic E-state index is 12.6. The second-order valence-electron chi connectivity index (χ2n) is 7.18. The van der Waals surface area contributed by atoms with Gasteiger partial charge >= 0.3 is 0 Å². The van der Waals surface area contributed by atoms with Crippen LogP contribution in [0.5, 0.6) is 0 Å². The van der Waals surface area contributed by atoms with Crippen LogP contribution in [0.2, 0.25) is 0 Å². The summed E-state index contributed by atoms with van der Waals surface area (Å²) < 4.78 is 5.60. The SMILES string of the molecule is CCc1ccccc1NC(=O)CN(C)C(=O)Cc1coc2cc(C)c(C)cc12. The van der Waals surface area contributed by atoms with Crippen LogP contribution >= 0.6 is 0 Å². The van der Waals surface area contributed by atoms with Crippen molar-refractivity contribution in [3.05, 3.63) is 64.9 Å². The molecule has 3 aromatic rings. The van der Waals surface area contributed by atoms with E-state index in [2.05, 4.69) is 5.32 Å². The predicted octanol–water partition coefficient (Wildman–Crippen LogP) is 4.25. The van der Waals surface area contributed by atoms with E-state index in [1.54, 1.807) is 13.3 Å². The minimum absolute atomic E-state index is 0.00476. The van der Waals surface area contributed by atoms with Gasteiger partial charge in [0.1, 0.15) is 5.58 Å². The van der Waals surface area contributed by atoms with Crippen LogP contribution in [0.25, 0.3) is 11.0 Å². The van der Waals surface area contributed by atoms with Gasteiger partial charge in [0, 0.05) is 23.7 Å². The Morgan fingerprint density at radius 3 is 2.54 bits per heavy atom. The molecule has 0 unspecified atom stereocenters. The number of anilines is 1. The first-order valence-electron chi connectivity index (χ1n) is 9.48.